The van der Waals surface area contributed by atoms with Crippen molar-refractivity contribution in [3.8, 4) is 0 Å². The molecule has 2 heterocycles. The van der Waals surface area contributed by atoms with E-state index in [0.29, 0.717) is 30.5 Å². The summed E-state index contributed by atoms with van der Waals surface area (Å²) in [7, 11) is 2.14. The Hall–Kier alpha value is -1.49. The van der Waals surface area contributed by atoms with E-state index in [0.717, 1.165) is 38.4 Å². The van der Waals surface area contributed by atoms with Gasteiger partial charge in [0, 0.05) is 25.0 Å². The number of benzene rings is 1. The maximum atomic E-state index is 13.2. The highest BCUT2D eigenvalue weighted by molar-refractivity contribution is 5.77. The summed E-state index contributed by atoms with van der Waals surface area (Å²) in [6, 6.07) is 4.67. The van der Waals surface area contributed by atoms with E-state index < -0.39 is 11.6 Å². The first-order valence-corrected chi connectivity index (χ1v) is 8.50. The summed E-state index contributed by atoms with van der Waals surface area (Å²) in [4.78, 5) is 17.0. The average molecular weight is 322 g/mol. The van der Waals surface area contributed by atoms with E-state index in [9.17, 15) is 13.6 Å². The van der Waals surface area contributed by atoms with Crippen LogP contribution < -0.4 is 0 Å². The maximum Gasteiger partial charge on any atom is 0.223 e. The number of nitrogens with zero attached hydrogens (tertiary/aromatic N) is 2. The molecule has 2 atom stereocenters. The number of hydrogen-bond donors (Lipinski definition) is 0. The van der Waals surface area contributed by atoms with E-state index >= 15 is 0 Å². The summed E-state index contributed by atoms with van der Waals surface area (Å²) in [5, 5.41) is 0. The fraction of sp³-hybridized carbons (Fsp3) is 0.611. The highest BCUT2D eigenvalue weighted by Gasteiger charge is 2.37. The largest absolute Gasteiger partial charge is 0.338 e. The summed E-state index contributed by atoms with van der Waals surface area (Å²) in [5.41, 5.74) is 0.672. The summed E-state index contributed by atoms with van der Waals surface area (Å²) >= 11 is 0. The zero-order valence-corrected chi connectivity index (χ0v) is 13.6. The molecule has 0 spiro atoms. The van der Waals surface area contributed by atoms with Crippen LogP contribution in [0.2, 0.25) is 0 Å². The minimum Gasteiger partial charge on any atom is -0.338 e. The van der Waals surface area contributed by atoms with Gasteiger partial charge in [0.25, 0.3) is 0 Å². The van der Waals surface area contributed by atoms with Gasteiger partial charge in [0.15, 0.2) is 11.6 Å². The number of carbonyl (C=O) groups excluding carboxylic acids is 1. The molecule has 2 saturated heterocycles. The van der Waals surface area contributed by atoms with Gasteiger partial charge in [0.1, 0.15) is 0 Å². The van der Waals surface area contributed by atoms with Gasteiger partial charge < -0.3 is 9.80 Å². The van der Waals surface area contributed by atoms with E-state index in [2.05, 4.69) is 11.9 Å². The highest BCUT2D eigenvalue weighted by atomic mass is 19.2. The lowest BCUT2D eigenvalue weighted by Crippen LogP contribution is -2.47. The molecule has 0 aromatic heterocycles. The summed E-state index contributed by atoms with van der Waals surface area (Å²) in [5.74, 6) is -1.55. The first-order chi connectivity index (χ1) is 11.1. The van der Waals surface area contributed by atoms with Gasteiger partial charge in [0.2, 0.25) is 5.91 Å². The van der Waals surface area contributed by atoms with Gasteiger partial charge in [-0.2, -0.15) is 0 Å². The van der Waals surface area contributed by atoms with Crippen molar-refractivity contribution < 1.29 is 13.6 Å². The van der Waals surface area contributed by atoms with E-state index in [-0.39, 0.29) is 5.91 Å². The number of likely N-dealkylation sites (tertiary alicyclic amines) is 2. The molecule has 0 saturated carbocycles. The highest BCUT2D eigenvalue weighted by Crippen LogP contribution is 2.29. The summed E-state index contributed by atoms with van der Waals surface area (Å²) < 4.78 is 26.2. The topological polar surface area (TPSA) is 23.6 Å². The minimum absolute atomic E-state index is 0.137. The molecule has 126 valence electrons. The van der Waals surface area contributed by atoms with Crippen LogP contribution in [0.4, 0.5) is 8.78 Å². The molecule has 5 heteroatoms. The van der Waals surface area contributed by atoms with Crippen LogP contribution in [0, 0.1) is 11.6 Å². The fourth-order valence-corrected chi connectivity index (χ4v) is 4.01. The molecule has 3 nitrogen and oxygen atoms in total. The van der Waals surface area contributed by atoms with Gasteiger partial charge in [-0.15, -0.1) is 0 Å². The second kappa shape index (κ2) is 6.95. The molecule has 0 bridgehead atoms. The molecule has 23 heavy (non-hydrogen) atoms. The first kappa shape index (κ1) is 16.4. The van der Waals surface area contributed by atoms with Gasteiger partial charge in [-0.1, -0.05) is 6.07 Å². The molecule has 3 rings (SSSR count). The van der Waals surface area contributed by atoms with Crippen LogP contribution in [0.25, 0.3) is 0 Å². The lowest BCUT2D eigenvalue weighted by molar-refractivity contribution is -0.132. The number of carbonyl (C=O) groups is 1. The maximum absolute atomic E-state index is 13.2. The van der Waals surface area contributed by atoms with Gasteiger partial charge in [0.05, 0.1) is 0 Å². The average Bonchev–Trinajstić information content (AvgIpc) is 3.16. The molecular weight excluding hydrogens is 298 g/mol. The summed E-state index contributed by atoms with van der Waals surface area (Å²) in [6.07, 6.45) is 5.32. The van der Waals surface area contributed by atoms with Gasteiger partial charge in [-0.25, -0.2) is 8.78 Å². The van der Waals surface area contributed by atoms with Crippen LogP contribution in [0.15, 0.2) is 18.2 Å². The lowest BCUT2D eigenvalue weighted by atomic mass is 10.0. The normalized spacial score (nSPS) is 25.3. The second-order valence-corrected chi connectivity index (χ2v) is 6.74. The van der Waals surface area contributed by atoms with Gasteiger partial charge in [-0.3, -0.25) is 4.79 Å². The van der Waals surface area contributed by atoms with E-state index in [4.69, 9.17) is 0 Å². The predicted molar refractivity (Wildman–Crippen MR) is 85.1 cm³/mol. The Morgan fingerprint density at radius 2 is 1.87 bits per heavy atom. The Bertz CT molecular complexity index is 578. The Morgan fingerprint density at radius 1 is 1.13 bits per heavy atom. The van der Waals surface area contributed by atoms with Crippen molar-refractivity contribution in [2.24, 2.45) is 0 Å². The van der Waals surface area contributed by atoms with Crippen molar-refractivity contribution in [1.29, 1.82) is 0 Å². The molecule has 2 fully saturated rings. The molecule has 1 amide bonds. The quantitative estimate of drug-likeness (QED) is 0.851. The molecule has 0 unspecified atom stereocenters. The van der Waals surface area contributed by atoms with Crippen LogP contribution in [0.3, 0.4) is 0 Å². The Labute approximate surface area is 136 Å². The second-order valence-electron chi connectivity index (χ2n) is 6.74. The number of halogens is 2. The molecule has 0 aliphatic carbocycles. The molecular formula is C18H24F2N2O. The van der Waals surface area contributed by atoms with Crippen LogP contribution >= 0.6 is 0 Å². The van der Waals surface area contributed by atoms with E-state index in [1.165, 1.54) is 12.5 Å². The monoisotopic (exact) mass is 322 g/mol. The molecule has 1 aromatic carbocycles. The van der Waals surface area contributed by atoms with Crippen LogP contribution in [-0.2, 0) is 11.2 Å². The van der Waals surface area contributed by atoms with Crippen molar-refractivity contribution in [2.45, 2.75) is 50.6 Å². The summed E-state index contributed by atoms with van der Waals surface area (Å²) in [6.45, 7) is 1.93. The van der Waals surface area contributed by atoms with Crippen LogP contribution in [0.1, 0.15) is 37.7 Å². The molecule has 2 aliphatic rings. The van der Waals surface area contributed by atoms with Gasteiger partial charge >= 0.3 is 0 Å². The number of hydrogen-bond acceptors (Lipinski definition) is 2. The smallest absolute Gasteiger partial charge is 0.223 e. The van der Waals surface area contributed by atoms with Crippen molar-refractivity contribution in [2.75, 3.05) is 20.1 Å². The minimum atomic E-state index is -0.846. The number of amides is 1. The van der Waals surface area contributed by atoms with Crippen molar-refractivity contribution in [3.05, 3.63) is 35.4 Å². The zero-order valence-electron chi connectivity index (χ0n) is 13.6. The number of aryl methyl sites for hydroxylation is 1. The molecule has 0 N–H and O–H groups in total. The zero-order chi connectivity index (χ0) is 16.4. The first-order valence-electron chi connectivity index (χ1n) is 8.50. The van der Waals surface area contributed by atoms with Gasteiger partial charge in [-0.05, 0) is 63.4 Å². The molecule has 1 aromatic rings. The SMILES string of the molecule is CN1CCC[C@H]1[C@@H]1CCCN1C(=O)CCc1ccc(F)c(F)c1. The van der Waals surface area contributed by atoms with Crippen molar-refractivity contribution in [1.82, 2.24) is 9.80 Å². The lowest BCUT2D eigenvalue weighted by Gasteiger charge is -2.33. The third kappa shape index (κ3) is 3.55. The Morgan fingerprint density at radius 3 is 2.57 bits per heavy atom. The molecule has 0 radical (unpaired) electrons. The van der Waals surface area contributed by atoms with Crippen molar-refractivity contribution in [3.63, 3.8) is 0 Å². The number of rotatable bonds is 4. The van der Waals surface area contributed by atoms with Crippen LogP contribution in [0.5, 0.6) is 0 Å². The third-order valence-electron chi connectivity index (χ3n) is 5.25. The van der Waals surface area contributed by atoms with Crippen LogP contribution in [-0.4, -0.2) is 47.9 Å². The Balaban J connectivity index is 1.59. The standard InChI is InChI=1S/C18H24F2N2O/c1-21-10-2-4-16(21)17-5-3-11-22(17)18(23)9-7-13-6-8-14(19)15(20)12-13/h6,8,12,16-17H,2-5,7,9-11H2,1H3/t16-,17-/m0/s1. The Kier molecular flexibility index (Phi) is 4.95. The predicted octanol–water partition coefficient (Wildman–Crippen LogP) is 2.98. The van der Waals surface area contributed by atoms with E-state index in [1.54, 1.807) is 6.07 Å². The van der Waals surface area contributed by atoms with Crippen molar-refractivity contribution >= 4 is 5.91 Å². The fourth-order valence-electron chi connectivity index (χ4n) is 4.01. The number of likely N-dealkylation sites (N-methyl/N-ethyl adjacent to an activating group) is 1. The molecule has 2 aliphatic heterocycles. The third-order valence-corrected chi connectivity index (χ3v) is 5.25. The van der Waals surface area contributed by atoms with E-state index in [1.807, 2.05) is 4.90 Å².